The highest BCUT2D eigenvalue weighted by molar-refractivity contribution is 7.13. The first-order valence-electron chi connectivity index (χ1n) is 7.07. The summed E-state index contributed by atoms with van der Waals surface area (Å²) >= 11 is 7.54. The van der Waals surface area contributed by atoms with E-state index in [1.54, 1.807) is 17.5 Å². The highest BCUT2D eigenvalue weighted by Gasteiger charge is 2.08. The van der Waals surface area contributed by atoms with Crippen LogP contribution in [-0.4, -0.2) is 9.97 Å². The van der Waals surface area contributed by atoms with Crippen LogP contribution in [0.25, 0.3) is 10.7 Å². The number of benzene rings is 1. The standard InChI is InChI=1S/C17H16ClN3S/c1-12(13-5-7-14(18)8-6-13)20-10-15-11-22-17(21-15)16-4-2-3-9-19-16/h2-9,11-12,20H,10H2,1H3/t12-/m1/s1. The van der Waals surface area contributed by atoms with Crippen LogP contribution in [0.3, 0.4) is 0 Å². The maximum atomic E-state index is 5.92. The third-order valence-electron chi connectivity index (χ3n) is 3.40. The minimum absolute atomic E-state index is 0.247. The lowest BCUT2D eigenvalue weighted by Crippen LogP contribution is -2.18. The fourth-order valence-electron chi connectivity index (χ4n) is 2.12. The van der Waals surface area contributed by atoms with Crippen molar-refractivity contribution in [3.63, 3.8) is 0 Å². The van der Waals surface area contributed by atoms with Crippen molar-refractivity contribution >= 4 is 22.9 Å². The predicted molar refractivity (Wildman–Crippen MR) is 92.1 cm³/mol. The Morgan fingerprint density at radius 1 is 1.18 bits per heavy atom. The number of halogens is 1. The van der Waals surface area contributed by atoms with Crippen LogP contribution < -0.4 is 5.32 Å². The summed E-state index contributed by atoms with van der Waals surface area (Å²) < 4.78 is 0. The molecule has 3 aromatic rings. The Hall–Kier alpha value is -1.75. The second-order valence-corrected chi connectivity index (χ2v) is 6.31. The second-order valence-electron chi connectivity index (χ2n) is 5.01. The quantitative estimate of drug-likeness (QED) is 0.736. The molecule has 112 valence electrons. The van der Waals surface area contributed by atoms with Gasteiger partial charge in [-0.05, 0) is 36.8 Å². The Balaban J connectivity index is 1.62. The molecule has 0 aliphatic carbocycles. The van der Waals surface area contributed by atoms with Gasteiger partial charge in [-0.2, -0.15) is 0 Å². The molecule has 0 saturated heterocycles. The van der Waals surface area contributed by atoms with E-state index in [2.05, 4.69) is 27.6 Å². The molecule has 3 nitrogen and oxygen atoms in total. The molecule has 0 fully saturated rings. The van der Waals surface area contributed by atoms with E-state index in [0.717, 1.165) is 28.0 Å². The lowest BCUT2D eigenvalue weighted by atomic mass is 10.1. The molecule has 2 aromatic heterocycles. The largest absolute Gasteiger partial charge is 0.305 e. The Labute approximate surface area is 139 Å². The first kappa shape index (κ1) is 15.2. The number of thiazole rings is 1. The molecule has 1 atom stereocenters. The zero-order valence-corrected chi connectivity index (χ0v) is 13.7. The van der Waals surface area contributed by atoms with E-state index in [1.807, 2.05) is 42.5 Å². The minimum atomic E-state index is 0.247. The smallest absolute Gasteiger partial charge is 0.142 e. The summed E-state index contributed by atoms with van der Waals surface area (Å²) in [6, 6.07) is 14.0. The highest BCUT2D eigenvalue weighted by atomic mass is 35.5. The molecule has 0 aliphatic rings. The highest BCUT2D eigenvalue weighted by Crippen LogP contribution is 2.22. The number of pyridine rings is 1. The molecule has 0 amide bonds. The molecule has 0 aliphatic heterocycles. The summed E-state index contributed by atoms with van der Waals surface area (Å²) in [4.78, 5) is 8.96. The van der Waals surface area contributed by atoms with Crippen molar-refractivity contribution in [3.05, 3.63) is 70.3 Å². The summed E-state index contributed by atoms with van der Waals surface area (Å²) in [6.45, 7) is 2.86. The zero-order chi connectivity index (χ0) is 15.4. The molecule has 1 aromatic carbocycles. The number of rotatable bonds is 5. The number of hydrogen-bond acceptors (Lipinski definition) is 4. The Bertz CT molecular complexity index is 725. The lowest BCUT2D eigenvalue weighted by Gasteiger charge is -2.13. The van der Waals surface area contributed by atoms with Gasteiger partial charge in [-0.1, -0.05) is 29.8 Å². The van der Waals surface area contributed by atoms with E-state index >= 15 is 0 Å². The zero-order valence-electron chi connectivity index (χ0n) is 12.2. The van der Waals surface area contributed by atoms with Gasteiger partial charge >= 0.3 is 0 Å². The van der Waals surface area contributed by atoms with Crippen LogP contribution in [0.5, 0.6) is 0 Å². The van der Waals surface area contributed by atoms with E-state index in [0.29, 0.717) is 0 Å². The van der Waals surface area contributed by atoms with Crippen LogP contribution in [0.2, 0.25) is 5.02 Å². The van der Waals surface area contributed by atoms with Gasteiger partial charge in [-0.15, -0.1) is 11.3 Å². The monoisotopic (exact) mass is 329 g/mol. The molecule has 0 unspecified atom stereocenters. The summed E-state index contributed by atoms with van der Waals surface area (Å²) in [6.07, 6.45) is 1.79. The third kappa shape index (κ3) is 3.71. The molecule has 0 radical (unpaired) electrons. The summed E-state index contributed by atoms with van der Waals surface area (Å²) in [5.41, 5.74) is 3.17. The molecule has 0 bridgehead atoms. The number of nitrogens with one attached hydrogen (secondary N) is 1. The fraction of sp³-hybridized carbons (Fsp3) is 0.176. The molecule has 3 rings (SSSR count). The van der Waals surface area contributed by atoms with Crippen LogP contribution in [0.15, 0.2) is 54.0 Å². The van der Waals surface area contributed by atoms with Crippen molar-refractivity contribution in [2.75, 3.05) is 0 Å². The lowest BCUT2D eigenvalue weighted by molar-refractivity contribution is 0.569. The van der Waals surface area contributed by atoms with Crippen molar-refractivity contribution in [2.45, 2.75) is 19.5 Å². The predicted octanol–water partition coefficient (Wildman–Crippen LogP) is 4.71. The number of aromatic nitrogens is 2. The molecular weight excluding hydrogens is 314 g/mol. The summed E-state index contributed by atoms with van der Waals surface area (Å²) in [5, 5.41) is 7.27. The number of hydrogen-bond donors (Lipinski definition) is 1. The van der Waals surface area contributed by atoms with Crippen molar-refractivity contribution in [1.82, 2.24) is 15.3 Å². The fourth-order valence-corrected chi connectivity index (χ4v) is 3.04. The number of nitrogens with zero attached hydrogens (tertiary/aromatic N) is 2. The van der Waals surface area contributed by atoms with Gasteiger partial charge in [0.05, 0.1) is 11.4 Å². The van der Waals surface area contributed by atoms with Crippen molar-refractivity contribution < 1.29 is 0 Å². The second kappa shape index (κ2) is 7.01. The molecule has 5 heteroatoms. The average Bonchev–Trinajstić information content (AvgIpc) is 3.03. The molecular formula is C17H16ClN3S. The van der Waals surface area contributed by atoms with Gasteiger partial charge in [0.15, 0.2) is 0 Å². The van der Waals surface area contributed by atoms with Crippen molar-refractivity contribution in [2.24, 2.45) is 0 Å². The van der Waals surface area contributed by atoms with E-state index in [1.165, 1.54) is 5.56 Å². The third-order valence-corrected chi connectivity index (χ3v) is 4.56. The SMILES string of the molecule is C[C@@H](NCc1csc(-c2ccccn2)n1)c1ccc(Cl)cc1. The van der Waals surface area contributed by atoms with Crippen LogP contribution in [0.4, 0.5) is 0 Å². The van der Waals surface area contributed by atoms with E-state index in [9.17, 15) is 0 Å². The van der Waals surface area contributed by atoms with Gasteiger partial charge in [-0.25, -0.2) is 4.98 Å². The van der Waals surface area contributed by atoms with Crippen molar-refractivity contribution in [3.8, 4) is 10.7 Å². The van der Waals surface area contributed by atoms with E-state index in [4.69, 9.17) is 11.6 Å². The molecule has 2 heterocycles. The van der Waals surface area contributed by atoms with Crippen molar-refractivity contribution in [1.29, 1.82) is 0 Å². The van der Waals surface area contributed by atoms with Crippen LogP contribution in [-0.2, 0) is 6.54 Å². The van der Waals surface area contributed by atoms with Gasteiger partial charge in [-0.3, -0.25) is 4.98 Å². The first-order chi connectivity index (χ1) is 10.7. The van der Waals surface area contributed by atoms with E-state index < -0.39 is 0 Å². The molecule has 0 spiro atoms. The van der Waals surface area contributed by atoms with E-state index in [-0.39, 0.29) is 6.04 Å². The summed E-state index contributed by atoms with van der Waals surface area (Å²) in [7, 11) is 0. The van der Waals surface area contributed by atoms with Gasteiger partial charge in [0.2, 0.25) is 0 Å². The van der Waals surface area contributed by atoms with Crippen LogP contribution in [0.1, 0.15) is 24.2 Å². The maximum absolute atomic E-state index is 5.92. The van der Waals surface area contributed by atoms with Gasteiger partial charge in [0.25, 0.3) is 0 Å². The van der Waals surface area contributed by atoms with Crippen LogP contribution >= 0.6 is 22.9 Å². The minimum Gasteiger partial charge on any atom is -0.305 e. The topological polar surface area (TPSA) is 37.8 Å². The maximum Gasteiger partial charge on any atom is 0.142 e. The van der Waals surface area contributed by atoms with Gasteiger partial charge in [0, 0.05) is 29.2 Å². The molecule has 0 saturated carbocycles. The van der Waals surface area contributed by atoms with Gasteiger partial charge in [0.1, 0.15) is 5.01 Å². The molecule has 1 N–H and O–H groups in total. The van der Waals surface area contributed by atoms with Gasteiger partial charge < -0.3 is 5.32 Å². The van der Waals surface area contributed by atoms with Crippen LogP contribution in [0, 0.1) is 0 Å². The Morgan fingerprint density at radius 3 is 2.73 bits per heavy atom. The first-order valence-corrected chi connectivity index (χ1v) is 8.33. The molecule has 22 heavy (non-hydrogen) atoms. The summed E-state index contributed by atoms with van der Waals surface area (Å²) in [5.74, 6) is 0. The normalized spacial score (nSPS) is 12.3. The Morgan fingerprint density at radius 2 is 2.00 bits per heavy atom. The Kier molecular flexibility index (Phi) is 4.83. The average molecular weight is 330 g/mol.